The maximum atomic E-state index is 6.53. The number of fused-ring (bicyclic) bond motifs is 1. The van der Waals surface area contributed by atoms with E-state index in [0.29, 0.717) is 17.7 Å². The first kappa shape index (κ1) is 28.7. The van der Waals surface area contributed by atoms with Gasteiger partial charge >= 0.3 is 0 Å². The Bertz CT molecular complexity index is 1360. The highest BCUT2D eigenvalue weighted by atomic mass is 35.5. The smallest absolute Gasteiger partial charge is 0.148 e. The van der Waals surface area contributed by atoms with Crippen LogP contribution in [0.15, 0.2) is 72.8 Å². The summed E-state index contributed by atoms with van der Waals surface area (Å²) in [5, 5.41) is 0.706. The summed E-state index contributed by atoms with van der Waals surface area (Å²) < 4.78 is 15.0. The molecule has 0 bridgehead atoms. The van der Waals surface area contributed by atoms with Crippen molar-refractivity contribution in [2.45, 2.75) is 77.7 Å². The topological polar surface area (TPSA) is 39.5 Å². The molecular formula is C34H42ClN3O2. The van der Waals surface area contributed by atoms with Crippen molar-refractivity contribution in [1.82, 2.24) is 14.5 Å². The van der Waals surface area contributed by atoms with Crippen molar-refractivity contribution in [2.24, 2.45) is 0 Å². The first-order valence-electron chi connectivity index (χ1n) is 14.8. The highest BCUT2D eigenvalue weighted by Crippen LogP contribution is 2.37. The molecule has 5 rings (SSSR count). The van der Waals surface area contributed by atoms with Gasteiger partial charge in [0.05, 0.1) is 16.6 Å². The van der Waals surface area contributed by atoms with Crippen molar-refractivity contribution in [1.29, 1.82) is 0 Å². The summed E-state index contributed by atoms with van der Waals surface area (Å²) in [6.07, 6.45) is 5.35. The second kappa shape index (κ2) is 13.2. The monoisotopic (exact) mass is 559 g/mol. The first-order valence-corrected chi connectivity index (χ1v) is 15.1. The Balaban J connectivity index is 1.21. The zero-order chi connectivity index (χ0) is 28.0. The lowest BCUT2D eigenvalue weighted by Crippen LogP contribution is -2.47. The minimum atomic E-state index is -0.153. The predicted molar refractivity (Wildman–Crippen MR) is 164 cm³/mol. The molecule has 0 N–H and O–H groups in total. The second-order valence-corrected chi connectivity index (χ2v) is 11.5. The van der Waals surface area contributed by atoms with Gasteiger partial charge in [-0.15, -0.1) is 0 Å². The van der Waals surface area contributed by atoms with Crippen LogP contribution >= 0.6 is 11.6 Å². The second-order valence-electron chi connectivity index (χ2n) is 11.1. The molecule has 1 aliphatic heterocycles. The van der Waals surface area contributed by atoms with Gasteiger partial charge in [0.2, 0.25) is 0 Å². The van der Waals surface area contributed by atoms with E-state index < -0.39 is 0 Å². The van der Waals surface area contributed by atoms with Crippen LogP contribution in [0.4, 0.5) is 0 Å². The minimum Gasteiger partial charge on any atom is -0.486 e. The third kappa shape index (κ3) is 6.54. The lowest BCUT2D eigenvalue weighted by atomic mass is 9.83. The number of halogens is 1. The summed E-state index contributed by atoms with van der Waals surface area (Å²) in [6.45, 7) is 11.0. The van der Waals surface area contributed by atoms with Crippen LogP contribution in [0.1, 0.15) is 62.9 Å². The van der Waals surface area contributed by atoms with Crippen LogP contribution < -0.4 is 4.74 Å². The standard InChI is InChI=1S/C34H42ClN3O2/c1-4-24-40-34(28-12-6-5-7-13-28)19-22-37(23-20-34)27(3)11-9-21-38-31-14-8-10-26(2)33(31)36-32(38)25-39-30-17-15-29(35)16-18-30/h5-8,10,12-18,27H,4,9,11,19-25H2,1-3H3. The van der Waals surface area contributed by atoms with Gasteiger partial charge in [-0.1, -0.05) is 61.0 Å². The summed E-state index contributed by atoms with van der Waals surface area (Å²) in [7, 11) is 0. The molecule has 0 spiro atoms. The van der Waals surface area contributed by atoms with Crippen molar-refractivity contribution < 1.29 is 9.47 Å². The van der Waals surface area contributed by atoms with Crippen molar-refractivity contribution in [3.05, 3.63) is 94.8 Å². The Hall–Kier alpha value is -2.86. The van der Waals surface area contributed by atoms with Crippen molar-refractivity contribution >= 4 is 22.6 Å². The number of para-hydroxylation sites is 1. The van der Waals surface area contributed by atoms with Crippen LogP contribution in [-0.4, -0.2) is 40.2 Å². The van der Waals surface area contributed by atoms with Crippen LogP contribution in [0.2, 0.25) is 5.02 Å². The number of imidazole rings is 1. The summed E-state index contributed by atoms with van der Waals surface area (Å²) in [5.74, 6) is 1.76. The largest absolute Gasteiger partial charge is 0.486 e. The van der Waals surface area contributed by atoms with Gasteiger partial charge in [-0.2, -0.15) is 0 Å². The number of nitrogens with zero attached hydrogens (tertiary/aromatic N) is 3. The molecule has 1 saturated heterocycles. The quantitative estimate of drug-likeness (QED) is 0.175. The SMILES string of the molecule is CCCOC1(c2ccccc2)CCN(C(C)CCCn2c(COc3ccc(Cl)cc3)nc3c(C)cccc32)CC1. The number of aromatic nitrogens is 2. The van der Waals surface area contributed by atoms with E-state index in [2.05, 4.69) is 78.8 Å². The minimum absolute atomic E-state index is 0.153. The molecule has 40 heavy (non-hydrogen) atoms. The van der Waals surface area contributed by atoms with Crippen LogP contribution in [0, 0.1) is 6.92 Å². The van der Waals surface area contributed by atoms with Crippen molar-refractivity contribution in [3.8, 4) is 5.75 Å². The van der Waals surface area contributed by atoms with E-state index in [1.54, 1.807) is 0 Å². The molecule has 0 saturated carbocycles. The highest BCUT2D eigenvalue weighted by molar-refractivity contribution is 6.30. The van der Waals surface area contributed by atoms with Gasteiger partial charge in [0, 0.05) is 37.3 Å². The Labute approximate surface area is 244 Å². The fourth-order valence-electron chi connectivity index (χ4n) is 5.98. The Morgan fingerprint density at radius 2 is 1.73 bits per heavy atom. The van der Waals surface area contributed by atoms with Crippen LogP contribution in [0.25, 0.3) is 11.0 Å². The van der Waals surface area contributed by atoms with Gasteiger partial charge in [0.25, 0.3) is 0 Å². The Morgan fingerprint density at radius 1 is 0.975 bits per heavy atom. The van der Waals surface area contributed by atoms with E-state index in [0.717, 1.165) is 75.4 Å². The summed E-state index contributed by atoms with van der Waals surface area (Å²) >= 11 is 6.04. The number of hydrogen-bond acceptors (Lipinski definition) is 4. The first-order chi connectivity index (χ1) is 19.5. The van der Waals surface area contributed by atoms with Crippen LogP contribution in [-0.2, 0) is 23.5 Å². The fourth-order valence-corrected chi connectivity index (χ4v) is 6.11. The number of ether oxygens (including phenoxy) is 2. The molecule has 1 aliphatic rings. The van der Waals surface area contributed by atoms with Crippen LogP contribution in [0.5, 0.6) is 5.75 Å². The van der Waals surface area contributed by atoms with Gasteiger partial charge in [0.15, 0.2) is 0 Å². The average molecular weight is 560 g/mol. The molecule has 6 heteroatoms. The molecule has 1 unspecified atom stereocenters. The van der Waals surface area contributed by atoms with Crippen molar-refractivity contribution in [2.75, 3.05) is 19.7 Å². The number of hydrogen-bond donors (Lipinski definition) is 0. The van der Waals surface area contributed by atoms with E-state index in [1.165, 1.54) is 16.6 Å². The molecule has 212 valence electrons. The Morgan fingerprint density at radius 3 is 2.45 bits per heavy atom. The fraction of sp³-hybridized carbons (Fsp3) is 0.441. The zero-order valence-corrected chi connectivity index (χ0v) is 24.9. The summed E-state index contributed by atoms with van der Waals surface area (Å²) in [6, 6.07) is 25.3. The summed E-state index contributed by atoms with van der Waals surface area (Å²) in [5.41, 5.74) is 4.61. The number of aryl methyl sites for hydroxylation is 2. The molecule has 1 fully saturated rings. The van der Waals surface area contributed by atoms with E-state index in [-0.39, 0.29) is 5.60 Å². The van der Waals surface area contributed by atoms with E-state index in [1.807, 2.05) is 24.3 Å². The number of piperidine rings is 1. The molecule has 5 nitrogen and oxygen atoms in total. The third-order valence-electron chi connectivity index (χ3n) is 8.36. The number of likely N-dealkylation sites (tertiary alicyclic amines) is 1. The lowest BCUT2D eigenvalue weighted by molar-refractivity contribution is -0.0944. The highest BCUT2D eigenvalue weighted by Gasteiger charge is 2.37. The predicted octanol–water partition coefficient (Wildman–Crippen LogP) is 8.16. The summed E-state index contributed by atoms with van der Waals surface area (Å²) in [4.78, 5) is 7.64. The number of rotatable bonds is 12. The third-order valence-corrected chi connectivity index (χ3v) is 8.61. The molecule has 2 heterocycles. The van der Waals surface area contributed by atoms with Crippen molar-refractivity contribution in [3.63, 3.8) is 0 Å². The lowest BCUT2D eigenvalue weighted by Gasteiger charge is -2.44. The van der Waals surface area contributed by atoms with Gasteiger partial charge in [-0.05, 0) is 87.4 Å². The van der Waals surface area contributed by atoms with Gasteiger partial charge in [-0.25, -0.2) is 4.98 Å². The average Bonchev–Trinajstić information content (AvgIpc) is 3.35. The van der Waals surface area contributed by atoms with Crippen LogP contribution in [0.3, 0.4) is 0 Å². The van der Waals surface area contributed by atoms with E-state index >= 15 is 0 Å². The molecule has 0 amide bonds. The molecule has 1 atom stereocenters. The molecule has 1 aromatic heterocycles. The van der Waals surface area contributed by atoms with Gasteiger partial charge in [-0.3, -0.25) is 0 Å². The normalized spacial score (nSPS) is 16.3. The van der Waals surface area contributed by atoms with E-state index in [9.17, 15) is 0 Å². The zero-order valence-electron chi connectivity index (χ0n) is 24.1. The Kier molecular flexibility index (Phi) is 9.46. The van der Waals surface area contributed by atoms with E-state index in [4.69, 9.17) is 26.1 Å². The van der Waals surface area contributed by atoms with Gasteiger partial charge < -0.3 is 18.9 Å². The molecule has 3 aromatic carbocycles. The number of benzene rings is 3. The molecule has 0 aliphatic carbocycles. The molecule has 0 radical (unpaired) electrons. The maximum Gasteiger partial charge on any atom is 0.148 e. The maximum absolute atomic E-state index is 6.53. The molecule has 4 aromatic rings. The molecular weight excluding hydrogens is 518 g/mol. The van der Waals surface area contributed by atoms with Gasteiger partial charge in [0.1, 0.15) is 18.2 Å².